The van der Waals surface area contributed by atoms with Crippen molar-refractivity contribution < 1.29 is 125 Å². The van der Waals surface area contributed by atoms with E-state index in [4.69, 9.17) is 5.11 Å². The molecule has 6 aromatic carbocycles. The van der Waals surface area contributed by atoms with E-state index in [-0.39, 0.29) is 17.9 Å². The topological polar surface area (TPSA) is 58.2 Å². The molecule has 0 aliphatic rings. The monoisotopic (exact) mass is 1160 g/mol. The molecule has 420 valence electrons. The molecule has 1 aromatic heterocycles. The highest BCUT2D eigenvalue weighted by molar-refractivity contribution is 7.20. The van der Waals surface area contributed by atoms with E-state index in [9.17, 15) is 115 Å². The Morgan fingerprint density at radius 2 is 0.646 bits per heavy atom. The Bertz CT molecular complexity index is 2990. The maximum Gasteiger partial charge on any atom is 0.416 e. The number of rotatable bonds is 8. The molecule has 79 heavy (non-hydrogen) atoms. The number of hydrogen-bond donors (Lipinski definition) is 1. The molecule has 0 aliphatic carbocycles. The van der Waals surface area contributed by atoms with E-state index in [1.54, 1.807) is 41.1 Å². The zero-order chi connectivity index (χ0) is 59.4. The van der Waals surface area contributed by atoms with E-state index in [0.29, 0.717) is 5.56 Å². The third-order valence-electron chi connectivity index (χ3n) is 11.9. The van der Waals surface area contributed by atoms with Gasteiger partial charge in [-0.2, -0.15) is 132 Å². The molecule has 0 unspecified atom stereocenters. The Kier molecular flexibility index (Phi) is 15.9. The predicted molar refractivity (Wildman–Crippen MR) is 232 cm³/mol. The highest BCUT2D eigenvalue weighted by Gasteiger charge is 2.47. The van der Waals surface area contributed by atoms with Gasteiger partial charge in [-0.3, -0.25) is 4.79 Å². The van der Waals surface area contributed by atoms with E-state index in [0.717, 1.165) is 10.8 Å². The average Bonchev–Trinajstić information content (AvgIpc) is 3.54. The van der Waals surface area contributed by atoms with Crippen LogP contribution in [0.1, 0.15) is 65.2 Å². The van der Waals surface area contributed by atoms with Crippen LogP contribution < -0.4 is 26.4 Å². The van der Waals surface area contributed by atoms with E-state index < -0.39 is 201 Å². The molecule has 1 heterocycles. The summed E-state index contributed by atoms with van der Waals surface area (Å²) < 4.78 is 343. The van der Waals surface area contributed by atoms with Crippen LogP contribution in [0, 0.1) is 0 Å². The first-order chi connectivity index (χ1) is 35.9. The van der Waals surface area contributed by atoms with E-state index >= 15 is 0 Å². The molecule has 0 saturated carbocycles. The van der Waals surface area contributed by atoms with Crippen molar-refractivity contribution in [3.8, 4) is 0 Å². The van der Waals surface area contributed by atoms with E-state index in [1.165, 1.54) is 0 Å². The molecule has 0 aliphatic heterocycles. The summed E-state index contributed by atoms with van der Waals surface area (Å²) in [6.45, 7) is 0.251. The first-order valence-corrected chi connectivity index (χ1v) is 21.5. The Balaban J connectivity index is 0.000000378. The number of alkyl halides is 24. The van der Waals surface area contributed by atoms with Crippen LogP contribution in [0.25, 0.3) is 10.8 Å². The second kappa shape index (κ2) is 20.8. The van der Waals surface area contributed by atoms with Gasteiger partial charge in [0, 0.05) is 17.0 Å². The number of Topliss-reactive ketones (excluding diaryl/α,β-unsaturated/α-hetero) is 1. The van der Waals surface area contributed by atoms with Crippen molar-refractivity contribution in [2.24, 2.45) is 0 Å². The summed E-state index contributed by atoms with van der Waals surface area (Å²) in [6.07, 6.45) is -51.2. The minimum atomic E-state index is -6.13. The molecular formula is C50H26BF24NO3. The molecule has 7 aromatic rings. The number of pyridine rings is 1. The summed E-state index contributed by atoms with van der Waals surface area (Å²) in [4.78, 5) is 23.2. The zero-order valence-corrected chi connectivity index (χ0v) is 38.3. The Hall–Kier alpha value is -7.75. The van der Waals surface area contributed by atoms with Crippen LogP contribution in [-0.2, 0) is 56.0 Å². The largest absolute Gasteiger partial charge is 0.478 e. The summed E-state index contributed by atoms with van der Waals surface area (Å²) in [6, 6.07) is 7.09. The standard InChI is InChI=1S/C32H12BF24.C18H13NO3/c34-25(35,36)13-1-14(26(37,38)39)6-21(5-13)33(22-7-15(27(40,41)42)2-16(8-22)28(43,44)45,23-9-17(29(46,47)48)3-18(10-23)30(49,50)51)24-11-19(31(52,53)54)4-20(12-24)32(55,56)57;20-17(13-4-2-1-3-5-13)12-19-9-8-14-10-15(18(21)22)6-7-16(14)11-19/h1-12H;1-11H,12H2/q-1;/p+1. The van der Waals surface area contributed by atoms with Crippen LogP contribution in [-0.4, -0.2) is 23.0 Å². The minimum absolute atomic E-state index is 0.0344. The molecule has 0 bridgehead atoms. The molecular weight excluding hydrogens is 1130 g/mol. The number of hydrogen-bond acceptors (Lipinski definition) is 2. The van der Waals surface area contributed by atoms with Crippen LogP contribution in [0.3, 0.4) is 0 Å². The Morgan fingerprint density at radius 1 is 0.354 bits per heavy atom. The first kappa shape index (κ1) is 60.5. The molecule has 0 atom stereocenters. The van der Waals surface area contributed by atoms with Gasteiger partial charge in [-0.05, 0) is 47.9 Å². The van der Waals surface area contributed by atoms with Crippen molar-refractivity contribution in [1.82, 2.24) is 0 Å². The number of benzene rings is 6. The lowest BCUT2D eigenvalue weighted by Crippen LogP contribution is -2.75. The number of aromatic nitrogens is 1. The van der Waals surface area contributed by atoms with Gasteiger partial charge < -0.3 is 5.11 Å². The molecule has 0 amide bonds. The van der Waals surface area contributed by atoms with Crippen LogP contribution >= 0.6 is 0 Å². The highest BCUT2D eigenvalue weighted by Crippen LogP contribution is 2.41. The molecule has 29 heteroatoms. The molecule has 0 fully saturated rings. The summed E-state index contributed by atoms with van der Waals surface area (Å²) in [5.41, 5.74) is -29.3. The zero-order valence-electron chi connectivity index (χ0n) is 38.3. The van der Waals surface area contributed by atoms with Crippen LogP contribution in [0.4, 0.5) is 105 Å². The number of carboxylic acids is 1. The first-order valence-electron chi connectivity index (χ1n) is 21.5. The molecule has 0 saturated heterocycles. The predicted octanol–water partition coefficient (Wildman–Crippen LogP) is 13.9. The maximum absolute atomic E-state index is 14.2. The van der Waals surface area contributed by atoms with Gasteiger partial charge in [-0.1, -0.05) is 78.9 Å². The summed E-state index contributed by atoms with van der Waals surface area (Å²) in [5, 5.41) is 10.7. The SMILES string of the molecule is FC(F)(F)c1cc([B-](c2cc(C(F)(F)F)cc(C(F)(F)F)c2)(c2cc(C(F)(F)F)cc(C(F)(F)F)c2)c2cc(C(F)(F)F)cc(C(F)(F)F)c2)cc(C(F)(F)F)c1.O=C(O)c1ccc2c[n+](CC(=O)c3ccccc3)ccc2c1. The molecule has 0 radical (unpaired) electrons. The molecule has 0 spiro atoms. The van der Waals surface area contributed by atoms with Crippen molar-refractivity contribution >= 4 is 50.5 Å². The minimum Gasteiger partial charge on any atom is -0.478 e. The lowest BCUT2D eigenvalue weighted by molar-refractivity contribution is -0.681. The van der Waals surface area contributed by atoms with Gasteiger partial charge in [0.15, 0.2) is 12.4 Å². The van der Waals surface area contributed by atoms with E-state index in [1.807, 2.05) is 30.5 Å². The number of carbonyl (C=O) groups excluding carboxylic acids is 1. The quantitative estimate of drug-likeness (QED) is 0.0714. The normalized spacial score (nSPS) is 13.3. The highest BCUT2D eigenvalue weighted by atomic mass is 19.4. The number of fused-ring (bicyclic) bond motifs is 1. The van der Waals surface area contributed by atoms with Crippen molar-refractivity contribution in [3.63, 3.8) is 0 Å². The fourth-order valence-corrected chi connectivity index (χ4v) is 8.42. The molecule has 4 nitrogen and oxygen atoms in total. The fourth-order valence-electron chi connectivity index (χ4n) is 8.42. The van der Waals surface area contributed by atoms with Gasteiger partial charge in [-0.25, -0.2) is 4.79 Å². The van der Waals surface area contributed by atoms with Gasteiger partial charge >= 0.3 is 55.4 Å². The Labute approximate surface area is 426 Å². The van der Waals surface area contributed by atoms with Crippen LogP contribution in [0.5, 0.6) is 0 Å². The smallest absolute Gasteiger partial charge is 0.416 e. The van der Waals surface area contributed by atoms with Gasteiger partial charge in [-0.15, -0.1) is 0 Å². The average molecular weight is 1160 g/mol. The number of nitrogens with zero attached hydrogens (tertiary/aromatic N) is 1. The number of carboxylic acid groups (broad SMARTS) is 1. The van der Waals surface area contributed by atoms with Crippen LogP contribution in [0.2, 0.25) is 0 Å². The fraction of sp³-hybridized carbons (Fsp3) is 0.180. The molecule has 1 N–H and O–H groups in total. The van der Waals surface area contributed by atoms with Crippen molar-refractivity contribution in [2.75, 3.05) is 0 Å². The number of aromatic carboxylic acids is 1. The maximum atomic E-state index is 14.2. The number of carbonyl (C=O) groups is 2. The number of halogens is 24. The third kappa shape index (κ3) is 13.8. The van der Waals surface area contributed by atoms with Gasteiger partial charge in [0.1, 0.15) is 6.15 Å². The Morgan fingerprint density at radius 3 is 0.911 bits per heavy atom. The van der Waals surface area contributed by atoms with Crippen molar-refractivity contribution in [2.45, 2.75) is 56.0 Å². The lowest BCUT2D eigenvalue weighted by Gasteiger charge is -2.46. The van der Waals surface area contributed by atoms with Gasteiger partial charge in [0.2, 0.25) is 12.3 Å². The second-order valence-corrected chi connectivity index (χ2v) is 17.3. The summed E-state index contributed by atoms with van der Waals surface area (Å²) >= 11 is 0. The second-order valence-electron chi connectivity index (χ2n) is 17.3. The van der Waals surface area contributed by atoms with Crippen LogP contribution in [0.15, 0.2) is 140 Å². The van der Waals surface area contributed by atoms with Gasteiger partial charge in [0.25, 0.3) is 0 Å². The van der Waals surface area contributed by atoms with Crippen molar-refractivity contribution in [1.29, 1.82) is 0 Å². The van der Waals surface area contributed by atoms with Crippen molar-refractivity contribution in [3.05, 3.63) is 195 Å². The number of ketones is 1. The van der Waals surface area contributed by atoms with E-state index in [2.05, 4.69) is 0 Å². The third-order valence-corrected chi connectivity index (χ3v) is 11.9. The lowest BCUT2D eigenvalue weighted by atomic mass is 9.12. The summed E-state index contributed by atoms with van der Waals surface area (Å²) in [7, 11) is 0. The van der Waals surface area contributed by atoms with Gasteiger partial charge in [0.05, 0.1) is 50.1 Å². The molecule has 7 rings (SSSR count). The summed E-state index contributed by atoms with van der Waals surface area (Å²) in [5.74, 6) is -0.912.